The van der Waals surface area contributed by atoms with Crippen molar-refractivity contribution < 1.29 is 9.90 Å². The van der Waals surface area contributed by atoms with Gasteiger partial charge in [-0.05, 0) is 6.07 Å². The zero-order valence-corrected chi connectivity index (χ0v) is 10.5. The van der Waals surface area contributed by atoms with Gasteiger partial charge in [0, 0.05) is 30.0 Å². The smallest absolute Gasteiger partial charge is 0.335 e. The van der Waals surface area contributed by atoms with Crippen molar-refractivity contribution in [1.29, 1.82) is 0 Å². The fraction of sp³-hybridized carbons (Fsp3) is 0.0833. The van der Waals surface area contributed by atoms with E-state index in [-0.39, 0.29) is 11.1 Å². The first-order chi connectivity index (χ1) is 9.13. The number of pyridine rings is 1. The van der Waals surface area contributed by atoms with Crippen molar-refractivity contribution >= 4 is 22.3 Å². The number of hydrogen-bond acceptors (Lipinski definition) is 4. The molecule has 0 aromatic carbocycles. The van der Waals surface area contributed by atoms with E-state index in [1.165, 1.54) is 28.2 Å². The van der Waals surface area contributed by atoms with Crippen LogP contribution in [0.5, 0.6) is 0 Å². The van der Waals surface area contributed by atoms with Crippen molar-refractivity contribution in [3.8, 4) is 0 Å². The maximum Gasteiger partial charge on any atom is 0.335 e. The number of thiazole rings is 1. The Morgan fingerprint density at radius 2 is 2.26 bits per heavy atom. The van der Waals surface area contributed by atoms with Gasteiger partial charge >= 0.3 is 5.97 Å². The van der Waals surface area contributed by atoms with Gasteiger partial charge in [0.1, 0.15) is 0 Å². The van der Waals surface area contributed by atoms with Gasteiger partial charge in [-0.2, -0.15) is 0 Å². The van der Waals surface area contributed by atoms with E-state index in [9.17, 15) is 9.59 Å². The Balaban J connectivity index is 1.93. The maximum atomic E-state index is 11.8. The first-order valence-corrected chi connectivity index (χ1v) is 6.36. The molecule has 0 bridgehead atoms. The highest BCUT2D eigenvalue weighted by Crippen LogP contribution is 2.11. The molecule has 3 heterocycles. The first-order valence-electron chi connectivity index (χ1n) is 5.48. The molecule has 0 atom stereocenters. The van der Waals surface area contributed by atoms with Crippen molar-refractivity contribution in [2.75, 3.05) is 0 Å². The minimum Gasteiger partial charge on any atom is -0.478 e. The Kier molecular flexibility index (Phi) is 2.68. The van der Waals surface area contributed by atoms with Crippen molar-refractivity contribution in [3.05, 3.63) is 57.7 Å². The molecule has 96 valence electrons. The number of carboxylic acids is 1. The second-order valence-corrected chi connectivity index (χ2v) is 4.88. The Labute approximate surface area is 111 Å². The highest BCUT2D eigenvalue weighted by atomic mass is 32.1. The SMILES string of the molecule is O=C(O)c1ccn(Cc2cn3ccsc3n2)c(=O)c1. The fourth-order valence-corrected chi connectivity index (χ4v) is 2.52. The van der Waals surface area contributed by atoms with Crippen molar-refractivity contribution in [2.45, 2.75) is 6.54 Å². The lowest BCUT2D eigenvalue weighted by atomic mass is 10.2. The number of aromatic nitrogens is 3. The Morgan fingerprint density at radius 3 is 2.95 bits per heavy atom. The molecule has 6 nitrogen and oxygen atoms in total. The lowest BCUT2D eigenvalue weighted by Gasteiger charge is -2.03. The molecule has 0 saturated carbocycles. The number of hydrogen-bond donors (Lipinski definition) is 1. The Hall–Kier alpha value is -2.41. The standard InChI is InChI=1S/C12H9N3O3S/c16-10-5-8(11(17)18)1-2-14(10)6-9-7-15-3-4-19-12(15)13-9/h1-5,7H,6H2,(H,17,18). The van der Waals surface area contributed by atoms with Gasteiger partial charge in [-0.15, -0.1) is 11.3 Å². The van der Waals surface area contributed by atoms with Gasteiger partial charge in [-0.1, -0.05) is 0 Å². The third-order valence-corrected chi connectivity index (χ3v) is 3.49. The van der Waals surface area contributed by atoms with E-state index in [1.54, 1.807) is 0 Å². The predicted molar refractivity (Wildman–Crippen MR) is 69.8 cm³/mol. The third kappa shape index (κ3) is 2.15. The highest BCUT2D eigenvalue weighted by molar-refractivity contribution is 7.15. The van der Waals surface area contributed by atoms with Crippen LogP contribution in [-0.2, 0) is 6.54 Å². The normalized spacial score (nSPS) is 10.9. The summed E-state index contributed by atoms with van der Waals surface area (Å²) < 4.78 is 3.32. The molecule has 0 spiro atoms. The quantitative estimate of drug-likeness (QED) is 0.781. The number of carbonyl (C=O) groups is 1. The highest BCUT2D eigenvalue weighted by Gasteiger charge is 2.07. The summed E-state index contributed by atoms with van der Waals surface area (Å²) in [5.41, 5.74) is 0.403. The van der Waals surface area contributed by atoms with Crippen LogP contribution in [0.25, 0.3) is 4.96 Å². The maximum absolute atomic E-state index is 11.8. The predicted octanol–water partition coefficient (Wildman–Crippen LogP) is 1.30. The molecule has 3 aromatic heterocycles. The van der Waals surface area contributed by atoms with E-state index in [0.717, 1.165) is 16.7 Å². The molecule has 3 rings (SSSR count). The molecule has 0 aliphatic rings. The molecule has 0 fully saturated rings. The number of imidazole rings is 1. The molecule has 3 aromatic rings. The van der Waals surface area contributed by atoms with Crippen LogP contribution in [-0.4, -0.2) is 25.0 Å². The van der Waals surface area contributed by atoms with Gasteiger partial charge in [0.25, 0.3) is 5.56 Å². The molecule has 0 aliphatic heterocycles. The van der Waals surface area contributed by atoms with Crippen LogP contribution in [0.3, 0.4) is 0 Å². The molecular formula is C12H9N3O3S. The van der Waals surface area contributed by atoms with Gasteiger partial charge in [0.15, 0.2) is 4.96 Å². The summed E-state index contributed by atoms with van der Waals surface area (Å²) in [6, 6.07) is 2.52. The van der Waals surface area contributed by atoms with Crippen LogP contribution in [0.2, 0.25) is 0 Å². The van der Waals surface area contributed by atoms with Gasteiger partial charge in [-0.25, -0.2) is 9.78 Å². The van der Waals surface area contributed by atoms with E-state index < -0.39 is 5.97 Å². The molecule has 0 amide bonds. The largest absolute Gasteiger partial charge is 0.478 e. The molecule has 0 saturated heterocycles. The number of fused-ring (bicyclic) bond motifs is 1. The average molecular weight is 275 g/mol. The first kappa shape index (κ1) is 11.7. The Morgan fingerprint density at radius 1 is 1.42 bits per heavy atom. The topological polar surface area (TPSA) is 76.6 Å². The van der Waals surface area contributed by atoms with Crippen molar-refractivity contribution in [3.63, 3.8) is 0 Å². The number of aromatic carboxylic acids is 1. The molecular weight excluding hydrogens is 266 g/mol. The number of rotatable bonds is 3. The summed E-state index contributed by atoms with van der Waals surface area (Å²) in [7, 11) is 0. The van der Waals surface area contributed by atoms with E-state index in [4.69, 9.17) is 5.11 Å². The van der Waals surface area contributed by atoms with Crippen LogP contribution in [0, 0.1) is 0 Å². The van der Waals surface area contributed by atoms with Crippen LogP contribution >= 0.6 is 11.3 Å². The molecule has 0 aliphatic carbocycles. The summed E-state index contributed by atoms with van der Waals surface area (Å²) in [6.45, 7) is 0.327. The lowest BCUT2D eigenvalue weighted by molar-refractivity contribution is 0.0696. The summed E-state index contributed by atoms with van der Waals surface area (Å²) in [5.74, 6) is -1.10. The van der Waals surface area contributed by atoms with Gasteiger partial charge in [-0.3, -0.25) is 9.20 Å². The molecule has 0 unspecified atom stereocenters. The molecule has 0 radical (unpaired) electrons. The van der Waals surface area contributed by atoms with Crippen molar-refractivity contribution in [2.24, 2.45) is 0 Å². The number of nitrogens with zero attached hydrogens (tertiary/aromatic N) is 3. The molecule has 7 heteroatoms. The second kappa shape index (κ2) is 4.36. The van der Waals surface area contributed by atoms with Crippen LogP contribution in [0.15, 0.2) is 40.9 Å². The van der Waals surface area contributed by atoms with Crippen LogP contribution < -0.4 is 5.56 Å². The molecule has 19 heavy (non-hydrogen) atoms. The van der Waals surface area contributed by atoms with Crippen LogP contribution in [0.1, 0.15) is 16.1 Å². The molecule has 1 N–H and O–H groups in total. The van der Waals surface area contributed by atoms with Gasteiger partial charge < -0.3 is 9.67 Å². The Bertz CT molecular complexity index is 786. The van der Waals surface area contributed by atoms with Gasteiger partial charge in [0.2, 0.25) is 0 Å². The minimum absolute atomic E-state index is 0.00734. The monoisotopic (exact) mass is 275 g/mol. The lowest BCUT2D eigenvalue weighted by Crippen LogP contribution is -2.20. The van der Waals surface area contributed by atoms with Crippen LogP contribution in [0.4, 0.5) is 0 Å². The zero-order chi connectivity index (χ0) is 13.4. The van der Waals surface area contributed by atoms with Crippen molar-refractivity contribution in [1.82, 2.24) is 14.0 Å². The summed E-state index contributed by atoms with van der Waals surface area (Å²) in [4.78, 5) is 27.8. The summed E-state index contributed by atoms with van der Waals surface area (Å²) in [5, 5.41) is 10.7. The average Bonchev–Trinajstić information content (AvgIpc) is 2.92. The van der Waals surface area contributed by atoms with E-state index in [1.807, 2.05) is 22.2 Å². The van der Waals surface area contributed by atoms with E-state index >= 15 is 0 Å². The fourth-order valence-electron chi connectivity index (χ4n) is 1.80. The zero-order valence-electron chi connectivity index (χ0n) is 9.68. The summed E-state index contributed by atoms with van der Waals surface area (Å²) in [6.07, 6.45) is 5.22. The number of carboxylic acid groups (broad SMARTS) is 1. The third-order valence-electron chi connectivity index (χ3n) is 2.72. The van der Waals surface area contributed by atoms with Gasteiger partial charge in [0.05, 0.1) is 17.8 Å². The van der Waals surface area contributed by atoms with E-state index in [0.29, 0.717) is 6.54 Å². The minimum atomic E-state index is -1.10. The summed E-state index contributed by atoms with van der Waals surface area (Å²) >= 11 is 1.52. The van der Waals surface area contributed by atoms with E-state index in [2.05, 4.69) is 4.98 Å². The second-order valence-electron chi connectivity index (χ2n) is 4.01.